The maximum absolute atomic E-state index is 12.0. The van der Waals surface area contributed by atoms with Crippen molar-refractivity contribution in [3.8, 4) is 0 Å². The third kappa shape index (κ3) is 17.8. The van der Waals surface area contributed by atoms with Gasteiger partial charge >= 0.3 is 11.9 Å². The second-order valence-corrected chi connectivity index (χ2v) is 8.68. The van der Waals surface area contributed by atoms with E-state index in [-0.39, 0.29) is 30.9 Å². The summed E-state index contributed by atoms with van der Waals surface area (Å²) in [6.45, 7) is 9.19. The van der Waals surface area contributed by atoms with Crippen molar-refractivity contribution in [3.05, 3.63) is 0 Å². The van der Waals surface area contributed by atoms with Gasteiger partial charge in [0.05, 0.1) is 19.4 Å². The SMILES string of the molecule is CCCCCCCCCCCCOC(=O)CCC(=O)OC(CC)CCC(CC)CC. The summed E-state index contributed by atoms with van der Waals surface area (Å²) in [5.41, 5.74) is 0. The molecular formula is C26H50O4. The molecule has 0 aliphatic rings. The van der Waals surface area contributed by atoms with Gasteiger partial charge in [-0.15, -0.1) is 0 Å². The van der Waals surface area contributed by atoms with Gasteiger partial charge in [0, 0.05) is 0 Å². The Bertz CT molecular complexity index is 404. The number of hydrogen-bond acceptors (Lipinski definition) is 4. The van der Waals surface area contributed by atoms with Crippen LogP contribution in [0.4, 0.5) is 0 Å². The molecule has 0 radical (unpaired) electrons. The first kappa shape index (κ1) is 28.9. The molecule has 0 saturated carbocycles. The molecule has 0 amide bonds. The number of ether oxygens (including phenoxy) is 2. The zero-order chi connectivity index (χ0) is 22.5. The lowest BCUT2D eigenvalue weighted by Gasteiger charge is -2.19. The van der Waals surface area contributed by atoms with E-state index >= 15 is 0 Å². The molecule has 0 rings (SSSR count). The molecule has 4 nitrogen and oxygen atoms in total. The molecule has 0 bridgehead atoms. The van der Waals surface area contributed by atoms with E-state index in [9.17, 15) is 9.59 Å². The van der Waals surface area contributed by atoms with Crippen LogP contribution in [-0.2, 0) is 19.1 Å². The van der Waals surface area contributed by atoms with Gasteiger partial charge in [-0.05, 0) is 31.6 Å². The zero-order valence-corrected chi connectivity index (χ0v) is 20.5. The van der Waals surface area contributed by atoms with E-state index in [1.807, 2.05) is 6.92 Å². The first-order valence-corrected chi connectivity index (χ1v) is 12.9. The van der Waals surface area contributed by atoms with Crippen LogP contribution in [0.1, 0.15) is 137 Å². The van der Waals surface area contributed by atoms with Crippen molar-refractivity contribution in [1.82, 2.24) is 0 Å². The highest BCUT2D eigenvalue weighted by atomic mass is 16.5. The molecule has 0 N–H and O–H groups in total. The van der Waals surface area contributed by atoms with Crippen LogP contribution in [-0.4, -0.2) is 24.6 Å². The van der Waals surface area contributed by atoms with Gasteiger partial charge in [-0.25, -0.2) is 0 Å². The molecule has 0 aliphatic carbocycles. The lowest BCUT2D eigenvalue weighted by Crippen LogP contribution is -2.19. The molecule has 0 aliphatic heterocycles. The van der Waals surface area contributed by atoms with Crippen molar-refractivity contribution in [2.24, 2.45) is 5.92 Å². The van der Waals surface area contributed by atoms with Gasteiger partial charge < -0.3 is 9.47 Å². The molecule has 30 heavy (non-hydrogen) atoms. The fraction of sp³-hybridized carbons (Fsp3) is 0.923. The maximum atomic E-state index is 12.0. The summed E-state index contributed by atoms with van der Waals surface area (Å²) < 4.78 is 10.8. The summed E-state index contributed by atoms with van der Waals surface area (Å²) in [4.78, 5) is 23.9. The number of hydrogen-bond donors (Lipinski definition) is 0. The minimum absolute atomic E-state index is 0.0271. The highest BCUT2D eigenvalue weighted by Gasteiger charge is 2.16. The average molecular weight is 427 g/mol. The second kappa shape index (κ2) is 21.2. The van der Waals surface area contributed by atoms with Crippen LogP contribution in [0.15, 0.2) is 0 Å². The predicted molar refractivity (Wildman–Crippen MR) is 126 cm³/mol. The van der Waals surface area contributed by atoms with Gasteiger partial charge in [-0.2, -0.15) is 0 Å². The molecule has 0 spiro atoms. The summed E-state index contributed by atoms with van der Waals surface area (Å²) in [5, 5.41) is 0. The minimum atomic E-state index is -0.284. The lowest BCUT2D eigenvalue weighted by molar-refractivity contribution is -0.154. The van der Waals surface area contributed by atoms with Gasteiger partial charge in [-0.1, -0.05) is 98.3 Å². The summed E-state index contributed by atoms with van der Waals surface area (Å²) in [6, 6.07) is 0. The molecule has 0 aromatic carbocycles. The summed E-state index contributed by atoms with van der Waals surface area (Å²) in [6.07, 6.45) is 18.0. The maximum Gasteiger partial charge on any atom is 0.306 e. The molecule has 178 valence electrons. The Hall–Kier alpha value is -1.06. The quantitative estimate of drug-likeness (QED) is 0.139. The fourth-order valence-electron chi connectivity index (χ4n) is 3.76. The minimum Gasteiger partial charge on any atom is -0.466 e. The highest BCUT2D eigenvalue weighted by Crippen LogP contribution is 2.19. The van der Waals surface area contributed by atoms with E-state index < -0.39 is 0 Å². The molecule has 4 heteroatoms. The van der Waals surface area contributed by atoms with E-state index in [1.54, 1.807) is 0 Å². The smallest absolute Gasteiger partial charge is 0.306 e. The van der Waals surface area contributed by atoms with E-state index in [4.69, 9.17) is 9.47 Å². The first-order valence-electron chi connectivity index (χ1n) is 12.9. The molecular weight excluding hydrogens is 376 g/mol. The average Bonchev–Trinajstić information content (AvgIpc) is 2.75. The third-order valence-corrected chi connectivity index (χ3v) is 6.10. The molecule has 0 fully saturated rings. The third-order valence-electron chi connectivity index (χ3n) is 6.10. The summed E-state index contributed by atoms with van der Waals surface area (Å²) in [5.74, 6) is 0.147. The number of esters is 2. The highest BCUT2D eigenvalue weighted by molar-refractivity contribution is 5.77. The molecule has 0 saturated heterocycles. The monoisotopic (exact) mass is 426 g/mol. The second-order valence-electron chi connectivity index (χ2n) is 8.68. The Labute approximate surface area is 186 Å². The first-order chi connectivity index (χ1) is 14.6. The molecule has 0 heterocycles. The Morgan fingerprint density at radius 3 is 1.70 bits per heavy atom. The van der Waals surface area contributed by atoms with Crippen LogP contribution in [0.3, 0.4) is 0 Å². The van der Waals surface area contributed by atoms with Crippen molar-refractivity contribution in [1.29, 1.82) is 0 Å². The topological polar surface area (TPSA) is 52.6 Å². The summed E-state index contributed by atoms with van der Waals surface area (Å²) >= 11 is 0. The van der Waals surface area contributed by atoms with E-state index in [2.05, 4.69) is 20.8 Å². The van der Waals surface area contributed by atoms with E-state index in [0.29, 0.717) is 12.5 Å². The Balaban J connectivity index is 3.65. The number of carbonyl (C=O) groups excluding carboxylic acids is 2. The molecule has 1 atom stereocenters. The van der Waals surface area contributed by atoms with Crippen LogP contribution >= 0.6 is 0 Å². The summed E-state index contributed by atoms with van der Waals surface area (Å²) in [7, 11) is 0. The van der Waals surface area contributed by atoms with Crippen LogP contribution in [0.5, 0.6) is 0 Å². The molecule has 0 aromatic heterocycles. The van der Waals surface area contributed by atoms with Gasteiger partial charge in [0.2, 0.25) is 0 Å². The van der Waals surface area contributed by atoms with Crippen molar-refractivity contribution < 1.29 is 19.1 Å². The number of rotatable bonds is 21. The van der Waals surface area contributed by atoms with Crippen LogP contribution < -0.4 is 0 Å². The predicted octanol–water partition coefficient (Wildman–Crippen LogP) is 7.77. The normalized spacial score (nSPS) is 12.2. The fourth-order valence-corrected chi connectivity index (χ4v) is 3.76. The van der Waals surface area contributed by atoms with Crippen molar-refractivity contribution >= 4 is 11.9 Å². The number of carbonyl (C=O) groups is 2. The Morgan fingerprint density at radius 2 is 1.17 bits per heavy atom. The number of unbranched alkanes of at least 4 members (excludes halogenated alkanes) is 9. The van der Waals surface area contributed by atoms with Crippen LogP contribution in [0.25, 0.3) is 0 Å². The van der Waals surface area contributed by atoms with E-state index in [1.165, 1.54) is 64.2 Å². The Kier molecular flexibility index (Phi) is 20.4. The van der Waals surface area contributed by atoms with Crippen LogP contribution in [0, 0.1) is 5.92 Å². The Morgan fingerprint density at radius 1 is 0.633 bits per heavy atom. The van der Waals surface area contributed by atoms with E-state index in [0.717, 1.165) is 32.1 Å². The van der Waals surface area contributed by atoms with Gasteiger partial charge in [0.25, 0.3) is 0 Å². The van der Waals surface area contributed by atoms with Crippen LogP contribution in [0.2, 0.25) is 0 Å². The van der Waals surface area contributed by atoms with Gasteiger partial charge in [-0.3, -0.25) is 9.59 Å². The largest absolute Gasteiger partial charge is 0.466 e. The molecule has 1 unspecified atom stereocenters. The van der Waals surface area contributed by atoms with Gasteiger partial charge in [0.1, 0.15) is 6.10 Å². The lowest BCUT2D eigenvalue weighted by atomic mass is 9.95. The van der Waals surface area contributed by atoms with Crippen molar-refractivity contribution in [3.63, 3.8) is 0 Å². The standard InChI is InChI=1S/C26H50O4/c1-5-9-10-11-12-13-14-15-16-17-22-29-25(27)20-21-26(28)30-24(8-4)19-18-23(6-2)7-3/h23-24H,5-22H2,1-4H3. The zero-order valence-electron chi connectivity index (χ0n) is 20.5. The van der Waals surface area contributed by atoms with Crippen molar-refractivity contribution in [2.45, 2.75) is 143 Å². The van der Waals surface area contributed by atoms with Crippen molar-refractivity contribution in [2.75, 3.05) is 6.61 Å². The molecule has 0 aromatic rings. The van der Waals surface area contributed by atoms with Gasteiger partial charge in [0.15, 0.2) is 0 Å².